The molecule has 0 radical (unpaired) electrons. The first-order valence-electron chi connectivity index (χ1n) is 12.6. The van der Waals surface area contributed by atoms with Crippen LogP contribution in [-0.2, 0) is 16.1 Å². The summed E-state index contributed by atoms with van der Waals surface area (Å²) in [5.41, 5.74) is 2.01. The van der Waals surface area contributed by atoms with Gasteiger partial charge in [0.2, 0.25) is 5.91 Å². The fourth-order valence-corrected chi connectivity index (χ4v) is 4.56. The van der Waals surface area contributed by atoms with Gasteiger partial charge in [0.15, 0.2) is 0 Å². The van der Waals surface area contributed by atoms with Gasteiger partial charge in [-0.3, -0.25) is 14.5 Å². The van der Waals surface area contributed by atoms with Crippen molar-refractivity contribution in [2.24, 2.45) is 11.8 Å². The van der Waals surface area contributed by atoms with Crippen LogP contribution in [-0.4, -0.2) is 67.6 Å². The van der Waals surface area contributed by atoms with Gasteiger partial charge in [-0.25, -0.2) is 4.39 Å². The lowest BCUT2D eigenvalue weighted by molar-refractivity contribution is -0.117. The van der Waals surface area contributed by atoms with Crippen LogP contribution in [0.5, 0.6) is 5.75 Å². The molecule has 36 heavy (non-hydrogen) atoms. The number of anilines is 1. The van der Waals surface area contributed by atoms with Crippen LogP contribution in [0.3, 0.4) is 0 Å². The Morgan fingerprint density at radius 2 is 1.86 bits per heavy atom. The quantitative estimate of drug-likeness (QED) is 0.671. The Morgan fingerprint density at radius 3 is 2.53 bits per heavy atom. The Kier molecular flexibility index (Phi) is 8.26. The lowest BCUT2D eigenvalue weighted by Crippen LogP contribution is -2.46. The first-order valence-corrected chi connectivity index (χ1v) is 12.6. The lowest BCUT2D eigenvalue weighted by Gasteiger charge is -2.36. The van der Waals surface area contributed by atoms with Crippen LogP contribution in [0.25, 0.3) is 0 Å². The number of hydrogen-bond donors (Lipinski definition) is 1. The maximum absolute atomic E-state index is 13.5. The number of carbonyl (C=O) groups is 2. The van der Waals surface area contributed by atoms with Gasteiger partial charge in [-0.1, -0.05) is 19.1 Å². The molecule has 0 aromatic heterocycles. The van der Waals surface area contributed by atoms with E-state index in [-0.39, 0.29) is 41.6 Å². The normalized spacial score (nSPS) is 23.8. The Hall–Kier alpha value is -2.97. The van der Waals surface area contributed by atoms with Gasteiger partial charge in [-0.05, 0) is 61.6 Å². The number of benzene rings is 2. The highest BCUT2D eigenvalue weighted by Crippen LogP contribution is 2.31. The monoisotopic (exact) mass is 497 g/mol. The SMILES string of the molecule is CO[C@@H]1CN(C)C(=O)c2cc(NC(=O)C3CC3)ccc2OC[C@@H](C)N(Cc2ccc(F)cc2)C[C@H]1C. The highest BCUT2D eigenvalue weighted by atomic mass is 19.1. The molecule has 2 aromatic rings. The number of hydrogen-bond acceptors (Lipinski definition) is 5. The van der Waals surface area contributed by atoms with Gasteiger partial charge in [0.25, 0.3) is 5.91 Å². The molecule has 1 aliphatic heterocycles. The molecule has 1 aliphatic carbocycles. The van der Waals surface area contributed by atoms with Crippen molar-refractivity contribution >= 4 is 17.5 Å². The van der Waals surface area contributed by atoms with Gasteiger partial charge in [0, 0.05) is 51.4 Å². The number of amides is 2. The summed E-state index contributed by atoms with van der Waals surface area (Å²) < 4.78 is 25.5. The number of nitrogens with one attached hydrogen (secondary N) is 1. The Balaban J connectivity index is 1.61. The third-order valence-corrected chi connectivity index (χ3v) is 7.09. The average Bonchev–Trinajstić information content (AvgIpc) is 3.71. The molecular formula is C28H36FN3O4. The molecule has 0 spiro atoms. The molecule has 4 rings (SSSR count). The topological polar surface area (TPSA) is 71.1 Å². The smallest absolute Gasteiger partial charge is 0.257 e. The molecule has 2 aliphatic rings. The van der Waals surface area contributed by atoms with Crippen LogP contribution in [0.15, 0.2) is 42.5 Å². The minimum Gasteiger partial charge on any atom is -0.491 e. The van der Waals surface area contributed by atoms with Crippen LogP contribution in [0, 0.1) is 17.7 Å². The van der Waals surface area contributed by atoms with E-state index in [0.29, 0.717) is 36.7 Å². The van der Waals surface area contributed by atoms with Crippen LogP contribution < -0.4 is 10.1 Å². The molecule has 1 heterocycles. The molecular weight excluding hydrogens is 461 g/mol. The van der Waals surface area contributed by atoms with Gasteiger partial charge in [-0.15, -0.1) is 0 Å². The first kappa shape index (κ1) is 26.1. The third-order valence-electron chi connectivity index (χ3n) is 7.09. The second kappa shape index (κ2) is 11.4. The fraction of sp³-hybridized carbons (Fsp3) is 0.500. The fourth-order valence-electron chi connectivity index (χ4n) is 4.56. The summed E-state index contributed by atoms with van der Waals surface area (Å²) in [7, 11) is 3.42. The van der Waals surface area contributed by atoms with Crippen LogP contribution in [0.2, 0.25) is 0 Å². The van der Waals surface area contributed by atoms with Gasteiger partial charge in [-0.2, -0.15) is 0 Å². The molecule has 8 heteroatoms. The van der Waals surface area contributed by atoms with E-state index >= 15 is 0 Å². The number of halogens is 1. The molecule has 1 N–H and O–H groups in total. The Labute approximate surface area is 212 Å². The minimum absolute atomic E-state index is 0.0110. The Bertz CT molecular complexity index is 1070. The zero-order valence-corrected chi connectivity index (χ0v) is 21.5. The molecule has 0 saturated heterocycles. The van der Waals surface area contributed by atoms with E-state index in [0.717, 1.165) is 24.9 Å². The van der Waals surface area contributed by atoms with Gasteiger partial charge in [0.05, 0.1) is 11.7 Å². The van der Waals surface area contributed by atoms with Crippen molar-refractivity contribution < 1.29 is 23.5 Å². The lowest BCUT2D eigenvalue weighted by atomic mass is 10.0. The number of methoxy groups -OCH3 is 1. The van der Waals surface area contributed by atoms with E-state index in [9.17, 15) is 14.0 Å². The molecule has 1 fully saturated rings. The van der Waals surface area contributed by atoms with Crippen molar-refractivity contribution in [2.75, 3.05) is 39.2 Å². The summed E-state index contributed by atoms with van der Waals surface area (Å²) in [6, 6.07) is 11.8. The molecule has 2 aromatic carbocycles. The number of nitrogens with zero attached hydrogens (tertiary/aromatic N) is 2. The second-order valence-electron chi connectivity index (χ2n) is 10.1. The molecule has 3 atom stereocenters. The molecule has 7 nitrogen and oxygen atoms in total. The highest BCUT2D eigenvalue weighted by molar-refractivity contribution is 6.00. The Morgan fingerprint density at radius 1 is 1.14 bits per heavy atom. The van der Waals surface area contributed by atoms with E-state index in [2.05, 4.69) is 24.1 Å². The van der Waals surface area contributed by atoms with Crippen molar-refractivity contribution in [1.82, 2.24) is 9.80 Å². The zero-order chi connectivity index (χ0) is 25.8. The van der Waals surface area contributed by atoms with Crippen LogP contribution >= 0.6 is 0 Å². The summed E-state index contributed by atoms with van der Waals surface area (Å²) in [5, 5.41) is 2.92. The van der Waals surface area contributed by atoms with Crippen LogP contribution in [0.1, 0.15) is 42.6 Å². The molecule has 194 valence electrons. The van der Waals surface area contributed by atoms with E-state index in [1.54, 1.807) is 49.4 Å². The minimum atomic E-state index is -0.256. The maximum Gasteiger partial charge on any atom is 0.257 e. The number of rotatable bonds is 5. The summed E-state index contributed by atoms with van der Waals surface area (Å²) >= 11 is 0. The number of likely N-dealkylation sites (N-methyl/N-ethyl adjacent to an activating group) is 1. The predicted molar refractivity (Wildman–Crippen MR) is 136 cm³/mol. The van der Waals surface area contributed by atoms with Gasteiger partial charge < -0.3 is 19.7 Å². The second-order valence-corrected chi connectivity index (χ2v) is 10.1. The third kappa shape index (κ3) is 6.42. The number of fused-ring (bicyclic) bond motifs is 1. The molecule has 2 amide bonds. The van der Waals surface area contributed by atoms with Crippen molar-refractivity contribution in [3.05, 3.63) is 59.4 Å². The first-order chi connectivity index (χ1) is 17.2. The molecule has 0 bridgehead atoms. The zero-order valence-electron chi connectivity index (χ0n) is 21.5. The summed E-state index contributed by atoms with van der Waals surface area (Å²) in [4.78, 5) is 29.7. The summed E-state index contributed by atoms with van der Waals surface area (Å²) in [6.45, 7) is 6.34. The standard InChI is InChI=1S/C28H36FN3O4/c1-18-14-32(15-20-5-9-22(29)10-6-20)19(2)17-36-25-12-11-23(30-27(33)21-7-8-21)13-24(25)28(34)31(3)16-26(18)35-4/h5-6,9-13,18-19,21,26H,7-8,14-17H2,1-4H3,(H,30,33)/t18-,19-,26-/m1/s1. The average molecular weight is 498 g/mol. The van der Waals surface area contributed by atoms with E-state index in [4.69, 9.17) is 9.47 Å². The highest BCUT2D eigenvalue weighted by Gasteiger charge is 2.31. The van der Waals surface area contributed by atoms with Crippen molar-refractivity contribution in [1.29, 1.82) is 0 Å². The van der Waals surface area contributed by atoms with Crippen molar-refractivity contribution in [2.45, 2.75) is 45.4 Å². The summed E-state index contributed by atoms with van der Waals surface area (Å²) in [6.07, 6.45) is 1.64. The van der Waals surface area contributed by atoms with Gasteiger partial charge in [0.1, 0.15) is 18.2 Å². The van der Waals surface area contributed by atoms with E-state index in [1.165, 1.54) is 12.1 Å². The maximum atomic E-state index is 13.5. The van der Waals surface area contributed by atoms with Crippen LogP contribution in [0.4, 0.5) is 10.1 Å². The largest absolute Gasteiger partial charge is 0.491 e. The van der Waals surface area contributed by atoms with Crippen molar-refractivity contribution in [3.63, 3.8) is 0 Å². The molecule has 0 unspecified atom stereocenters. The predicted octanol–water partition coefficient (Wildman–Crippen LogP) is 4.18. The summed E-state index contributed by atoms with van der Waals surface area (Å²) in [5.74, 6) is 0.219. The number of carbonyl (C=O) groups excluding carboxylic acids is 2. The van der Waals surface area contributed by atoms with Gasteiger partial charge >= 0.3 is 0 Å². The number of ether oxygens (including phenoxy) is 2. The van der Waals surface area contributed by atoms with E-state index in [1.807, 2.05) is 0 Å². The van der Waals surface area contributed by atoms with Crippen molar-refractivity contribution in [3.8, 4) is 5.75 Å². The van der Waals surface area contributed by atoms with E-state index < -0.39 is 0 Å². The molecule has 1 saturated carbocycles.